The normalized spacial score (nSPS) is 17.8. The van der Waals surface area contributed by atoms with E-state index in [-0.39, 0.29) is 17.2 Å². The molecule has 1 saturated carbocycles. The SMILES string of the molecule is CCCCCCCCC1CCC(C(=O)Oc2ccc(-c3ccc(CCCCC)cc3)c(F)c2F)CC1. The molecule has 1 fully saturated rings. The third kappa shape index (κ3) is 8.42. The third-order valence-electron chi connectivity index (χ3n) is 7.74. The highest BCUT2D eigenvalue weighted by Gasteiger charge is 2.28. The minimum absolute atomic E-state index is 0.183. The molecule has 2 aromatic rings. The van der Waals surface area contributed by atoms with Crippen molar-refractivity contribution in [2.24, 2.45) is 11.8 Å². The highest BCUT2D eigenvalue weighted by atomic mass is 19.2. The van der Waals surface area contributed by atoms with Gasteiger partial charge in [-0.15, -0.1) is 0 Å². The Morgan fingerprint density at radius 1 is 0.778 bits per heavy atom. The van der Waals surface area contributed by atoms with Crippen LogP contribution in [0, 0.1) is 23.5 Å². The third-order valence-corrected chi connectivity index (χ3v) is 7.74. The minimum Gasteiger partial charge on any atom is -0.423 e. The van der Waals surface area contributed by atoms with E-state index in [2.05, 4.69) is 13.8 Å². The van der Waals surface area contributed by atoms with Gasteiger partial charge in [0.2, 0.25) is 5.82 Å². The number of rotatable bonds is 14. The van der Waals surface area contributed by atoms with Gasteiger partial charge in [-0.3, -0.25) is 4.79 Å². The van der Waals surface area contributed by atoms with Gasteiger partial charge in [-0.2, -0.15) is 4.39 Å². The van der Waals surface area contributed by atoms with Crippen LogP contribution in [0.15, 0.2) is 36.4 Å². The van der Waals surface area contributed by atoms with Gasteiger partial charge in [0.05, 0.1) is 5.92 Å². The van der Waals surface area contributed by atoms with Crippen molar-refractivity contribution in [3.8, 4) is 16.9 Å². The zero-order valence-electron chi connectivity index (χ0n) is 22.3. The van der Waals surface area contributed by atoms with E-state index >= 15 is 0 Å². The van der Waals surface area contributed by atoms with Gasteiger partial charge in [0.1, 0.15) is 0 Å². The molecule has 198 valence electrons. The average Bonchev–Trinajstić information content (AvgIpc) is 2.90. The maximum Gasteiger partial charge on any atom is 0.314 e. The molecule has 2 aromatic carbocycles. The first kappa shape index (κ1) is 28.3. The summed E-state index contributed by atoms with van der Waals surface area (Å²) in [5.74, 6) is -2.37. The molecule has 0 radical (unpaired) electrons. The summed E-state index contributed by atoms with van der Waals surface area (Å²) in [4.78, 5) is 12.7. The predicted molar refractivity (Wildman–Crippen MR) is 144 cm³/mol. The van der Waals surface area contributed by atoms with E-state index in [1.807, 2.05) is 24.3 Å². The van der Waals surface area contributed by atoms with E-state index in [1.54, 1.807) is 0 Å². The molecular weight excluding hydrogens is 454 g/mol. The van der Waals surface area contributed by atoms with Gasteiger partial charge in [0.15, 0.2) is 11.6 Å². The largest absolute Gasteiger partial charge is 0.423 e. The molecule has 0 amide bonds. The molecular formula is C32H44F2O2. The molecule has 0 bridgehead atoms. The van der Waals surface area contributed by atoms with Crippen molar-refractivity contribution in [2.45, 2.75) is 110 Å². The molecule has 0 aromatic heterocycles. The summed E-state index contributed by atoms with van der Waals surface area (Å²) in [6, 6.07) is 10.5. The zero-order valence-corrected chi connectivity index (χ0v) is 22.3. The van der Waals surface area contributed by atoms with Crippen LogP contribution in [0.25, 0.3) is 11.1 Å². The van der Waals surface area contributed by atoms with E-state index in [9.17, 15) is 13.6 Å². The fraction of sp³-hybridized carbons (Fsp3) is 0.594. The quantitative estimate of drug-likeness (QED) is 0.147. The monoisotopic (exact) mass is 498 g/mol. The lowest BCUT2D eigenvalue weighted by Crippen LogP contribution is -2.26. The zero-order chi connectivity index (χ0) is 25.8. The summed E-state index contributed by atoms with van der Waals surface area (Å²) in [5, 5.41) is 0. The highest BCUT2D eigenvalue weighted by molar-refractivity contribution is 5.76. The van der Waals surface area contributed by atoms with Gasteiger partial charge < -0.3 is 4.74 Å². The number of halogens is 2. The summed E-state index contributed by atoms with van der Waals surface area (Å²) >= 11 is 0. The first-order chi connectivity index (χ1) is 17.5. The van der Waals surface area contributed by atoms with Gasteiger partial charge in [0, 0.05) is 5.56 Å². The summed E-state index contributed by atoms with van der Waals surface area (Å²) in [5.41, 5.74) is 2.00. The van der Waals surface area contributed by atoms with Crippen LogP contribution in [0.2, 0.25) is 0 Å². The first-order valence-corrected chi connectivity index (χ1v) is 14.3. The lowest BCUT2D eigenvalue weighted by molar-refractivity contribution is -0.140. The molecule has 0 heterocycles. The Hall–Kier alpha value is -2.23. The smallest absolute Gasteiger partial charge is 0.314 e. The van der Waals surface area contributed by atoms with E-state index in [0.717, 1.165) is 38.5 Å². The van der Waals surface area contributed by atoms with Gasteiger partial charge in [-0.25, -0.2) is 4.39 Å². The minimum atomic E-state index is -1.09. The molecule has 3 rings (SSSR count). The summed E-state index contributed by atoms with van der Waals surface area (Å²) < 4.78 is 35.1. The van der Waals surface area contributed by atoms with E-state index in [1.165, 1.54) is 75.5 Å². The van der Waals surface area contributed by atoms with Crippen molar-refractivity contribution in [1.82, 2.24) is 0 Å². The Kier molecular flexibility index (Phi) is 11.9. The topological polar surface area (TPSA) is 26.3 Å². The predicted octanol–water partition coefficient (Wildman–Crippen LogP) is 9.83. The number of hydrogen-bond donors (Lipinski definition) is 0. The van der Waals surface area contributed by atoms with Gasteiger partial charge in [-0.05, 0) is 67.7 Å². The maximum absolute atomic E-state index is 14.9. The second kappa shape index (κ2) is 15.1. The molecule has 0 unspecified atom stereocenters. The van der Waals surface area contributed by atoms with Crippen molar-refractivity contribution in [3.63, 3.8) is 0 Å². The van der Waals surface area contributed by atoms with Gasteiger partial charge >= 0.3 is 5.97 Å². The maximum atomic E-state index is 14.9. The number of aryl methyl sites for hydroxylation is 1. The summed E-state index contributed by atoms with van der Waals surface area (Å²) in [6.07, 6.45) is 17.1. The number of carbonyl (C=O) groups excluding carboxylic acids is 1. The number of hydrogen-bond acceptors (Lipinski definition) is 2. The van der Waals surface area contributed by atoms with E-state index in [0.29, 0.717) is 11.5 Å². The van der Waals surface area contributed by atoms with Crippen molar-refractivity contribution >= 4 is 5.97 Å². The van der Waals surface area contributed by atoms with Crippen LogP contribution in [0.3, 0.4) is 0 Å². The molecule has 0 saturated heterocycles. The number of carbonyl (C=O) groups is 1. The molecule has 4 heteroatoms. The van der Waals surface area contributed by atoms with Crippen LogP contribution in [-0.4, -0.2) is 5.97 Å². The van der Waals surface area contributed by atoms with Gasteiger partial charge in [0.25, 0.3) is 0 Å². The summed E-state index contributed by atoms with van der Waals surface area (Å²) in [6.45, 7) is 4.40. The highest BCUT2D eigenvalue weighted by Crippen LogP contribution is 2.35. The van der Waals surface area contributed by atoms with Crippen molar-refractivity contribution in [3.05, 3.63) is 53.6 Å². The van der Waals surface area contributed by atoms with Crippen LogP contribution in [0.4, 0.5) is 8.78 Å². The van der Waals surface area contributed by atoms with Crippen molar-refractivity contribution < 1.29 is 18.3 Å². The number of benzene rings is 2. The Morgan fingerprint density at radius 2 is 1.42 bits per heavy atom. The van der Waals surface area contributed by atoms with Crippen LogP contribution in [-0.2, 0) is 11.2 Å². The first-order valence-electron chi connectivity index (χ1n) is 14.3. The Labute approximate surface area is 216 Å². The lowest BCUT2D eigenvalue weighted by Gasteiger charge is -2.27. The van der Waals surface area contributed by atoms with Crippen LogP contribution < -0.4 is 4.74 Å². The van der Waals surface area contributed by atoms with Crippen LogP contribution in [0.1, 0.15) is 109 Å². The van der Waals surface area contributed by atoms with Crippen molar-refractivity contribution in [2.75, 3.05) is 0 Å². The second-order valence-corrected chi connectivity index (χ2v) is 10.6. The molecule has 0 aliphatic heterocycles. The molecule has 1 aliphatic carbocycles. The molecule has 36 heavy (non-hydrogen) atoms. The Bertz CT molecular complexity index is 930. The van der Waals surface area contributed by atoms with Crippen LogP contribution in [0.5, 0.6) is 5.75 Å². The average molecular weight is 499 g/mol. The second-order valence-electron chi connectivity index (χ2n) is 10.6. The molecule has 0 N–H and O–H groups in total. The molecule has 0 spiro atoms. The van der Waals surface area contributed by atoms with E-state index < -0.39 is 17.6 Å². The van der Waals surface area contributed by atoms with E-state index in [4.69, 9.17) is 4.74 Å². The van der Waals surface area contributed by atoms with Gasteiger partial charge in [-0.1, -0.05) is 95.9 Å². The summed E-state index contributed by atoms with van der Waals surface area (Å²) in [7, 11) is 0. The molecule has 1 aliphatic rings. The number of unbranched alkanes of at least 4 members (excludes halogenated alkanes) is 7. The van der Waals surface area contributed by atoms with Crippen LogP contribution >= 0.6 is 0 Å². The Morgan fingerprint density at radius 3 is 2.11 bits per heavy atom. The lowest BCUT2D eigenvalue weighted by atomic mass is 9.80. The number of esters is 1. The fourth-order valence-corrected chi connectivity index (χ4v) is 5.36. The molecule has 0 atom stereocenters. The Balaban J connectivity index is 1.49. The molecule has 2 nitrogen and oxygen atoms in total. The standard InChI is InChI=1S/C32H44F2O2/c1-3-5-7-8-9-11-13-25-16-20-27(21-17-25)32(35)36-29-23-22-28(30(33)31(29)34)26-18-14-24(15-19-26)12-10-6-4-2/h14-15,18-19,22-23,25,27H,3-13,16-17,20-21H2,1-2H3. The number of ether oxygens (including phenoxy) is 1. The van der Waals surface area contributed by atoms with Crippen molar-refractivity contribution in [1.29, 1.82) is 0 Å². The fourth-order valence-electron chi connectivity index (χ4n) is 5.36.